The zero-order valence-electron chi connectivity index (χ0n) is 11.9. The molecular formula is C16H19N3O2. The monoisotopic (exact) mass is 285 g/mol. The van der Waals surface area contributed by atoms with Crippen molar-refractivity contribution in [2.75, 3.05) is 6.61 Å². The average molecular weight is 285 g/mol. The van der Waals surface area contributed by atoms with E-state index in [1.54, 1.807) is 0 Å². The summed E-state index contributed by atoms with van der Waals surface area (Å²) in [5.74, 6) is 2.61. The second kappa shape index (κ2) is 5.15. The van der Waals surface area contributed by atoms with Gasteiger partial charge in [-0.2, -0.15) is 4.98 Å². The molecule has 2 aliphatic rings. The quantitative estimate of drug-likeness (QED) is 0.918. The van der Waals surface area contributed by atoms with Crippen LogP contribution in [-0.4, -0.2) is 22.8 Å². The van der Waals surface area contributed by atoms with Crippen molar-refractivity contribution in [2.45, 2.75) is 43.6 Å². The molecule has 5 nitrogen and oxygen atoms in total. The number of nitrogens with two attached hydrogens (primary N) is 1. The lowest BCUT2D eigenvalue weighted by atomic mass is 9.85. The first-order valence-electron chi connectivity index (χ1n) is 7.64. The third-order valence-electron chi connectivity index (χ3n) is 4.61. The maximum atomic E-state index is 6.20. The van der Waals surface area contributed by atoms with Crippen LogP contribution in [0.4, 0.5) is 0 Å². The number of ether oxygens (including phenoxy) is 1. The first-order chi connectivity index (χ1) is 10.3. The van der Waals surface area contributed by atoms with Crippen molar-refractivity contribution in [1.29, 1.82) is 0 Å². The number of rotatable bonds is 2. The van der Waals surface area contributed by atoms with Crippen LogP contribution < -0.4 is 10.5 Å². The molecule has 4 rings (SSSR count). The van der Waals surface area contributed by atoms with Crippen molar-refractivity contribution >= 4 is 0 Å². The van der Waals surface area contributed by atoms with Crippen molar-refractivity contribution < 1.29 is 9.26 Å². The van der Waals surface area contributed by atoms with Gasteiger partial charge in [-0.05, 0) is 18.9 Å². The summed E-state index contributed by atoms with van der Waals surface area (Å²) in [6, 6.07) is 8.17. The lowest BCUT2D eigenvalue weighted by molar-refractivity contribution is 0.287. The van der Waals surface area contributed by atoms with Crippen LogP contribution in [0.25, 0.3) is 0 Å². The van der Waals surface area contributed by atoms with Gasteiger partial charge in [0, 0.05) is 11.6 Å². The predicted molar refractivity (Wildman–Crippen MR) is 77.3 cm³/mol. The maximum Gasteiger partial charge on any atom is 0.231 e. The number of aromatic nitrogens is 2. The molecule has 2 N–H and O–H groups in total. The van der Waals surface area contributed by atoms with Gasteiger partial charge in [-0.25, -0.2) is 0 Å². The highest BCUT2D eigenvalue weighted by molar-refractivity contribution is 5.42. The summed E-state index contributed by atoms with van der Waals surface area (Å²) < 4.78 is 11.2. The first-order valence-corrected chi connectivity index (χ1v) is 7.64. The lowest BCUT2D eigenvalue weighted by Gasteiger charge is -2.25. The largest absolute Gasteiger partial charge is 0.492 e. The molecule has 1 aromatic heterocycles. The van der Waals surface area contributed by atoms with E-state index in [2.05, 4.69) is 16.2 Å². The van der Waals surface area contributed by atoms with Gasteiger partial charge in [-0.3, -0.25) is 0 Å². The van der Waals surface area contributed by atoms with Crippen LogP contribution >= 0.6 is 0 Å². The molecule has 1 aliphatic carbocycles. The van der Waals surface area contributed by atoms with Gasteiger partial charge >= 0.3 is 0 Å². The second-order valence-corrected chi connectivity index (χ2v) is 5.95. The fourth-order valence-electron chi connectivity index (χ4n) is 3.38. The van der Waals surface area contributed by atoms with Crippen LogP contribution in [0.15, 0.2) is 28.8 Å². The normalized spacial score (nSPS) is 28.1. The molecule has 1 aromatic carbocycles. The number of nitrogens with zero attached hydrogens (tertiary/aromatic N) is 2. The highest BCUT2D eigenvalue weighted by Crippen LogP contribution is 2.38. The minimum absolute atomic E-state index is 0.0681. The summed E-state index contributed by atoms with van der Waals surface area (Å²) in [6.07, 6.45) is 4.46. The van der Waals surface area contributed by atoms with Gasteiger partial charge < -0.3 is 15.0 Å². The van der Waals surface area contributed by atoms with E-state index in [1.807, 2.05) is 18.2 Å². The Morgan fingerprint density at radius 2 is 2.00 bits per heavy atom. The van der Waals surface area contributed by atoms with Crippen molar-refractivity contribution in [3.8, 4) is 5.75 Å². The third kappa shape index (κ3) is 2.21. The third-order valence-corrected chi connectivity index (χ3v) is 4.61. The van der Waals surface area contributed by atoms with Gasteiger partial charge in [0.1, 0.15) is 12.4 Å². The number of fused-ring (bicyclic) bond motifs is 1. The Labute approximate surface area is 123 Å². The molecule has 5 heteroatoms. The lowest BCUT2D eigenvalue weighted by Crippen LogP contribution is -2.31. The van der Waals surface area contributed by atoms with Crippen molar-refractivity contribution in [2.24, 2.45) is 5.73 Å². The number of hydrogen-bond acceptors (Lipinski definition) is 5. The van der Waals surface area contributed by atoms with E-state index in [0.29, 0.717) is 18.3 Å². The molecule has 1 saturated carbocycles. The fourth-order valence-corrected chi connectivity index (χ4v) is 3.38. The summed E-state index contributed by atoms with van der Waals surface area (Å²) >= 11 is 0. The first kappa shape index (κ1) is 12.8. The molecule has 0 saturated heterocycles. The minimum Gasteiger partial charge on any atom is -0.492 e. The predicted octanol–water partition coefficient (Wildman–Crippen LogP) is 2.58. The number of benzene rings is 1. The number of para-hydroxylation sites is 1. The van der Waals surface area contributed by atoms with Crippen LogP contribution in [0.5, 0.6) is 5.75 Å². The average Bonchev–Trinajstić information content (AvgIpc) is 3.14. The van der Waals surface area contributed by atoms with Crippen LogP contribution in [-0.2, 0) is 0 Å². The zero-order chi connectivity index (χ0) is 14.2. The van der Waals surface area contributed by atoms with E-state index in [-0.39, 0.29) is 17.9 Å². The highest BCUT2D eigenvalue weighted by Gasteiger charge is 2.32. The SMILES string of the molecule is NC1CCCCC1c1nc(C2COc3ccccc32)no1. The number of hydrogen-bond donors (Lipinski definition) is 1. The van der Waals surface area contributed by atoms with E-state index in [4.69, 9.17) is 15.0 Å². The molecule has 0 radical (unpaired) electrons. The van der Waals surface area contributed by atoms with Crippen LogP contribution in [0.1, 0.15) is 54.8 Å². The Kier molecular flexibility index (Phi) is 3.15. The molecular weight excluding hydrogens is 266 g/mol. The summed E-state index contributed by atoms with van der Waals surface area (Å²) in [5, 5.41) is 4.19. The molecule has 21 heavy (non-hydrogen) atoms. The molecule has 2 aromatic rings. The van der Waals surface area contributed by atoms with Gasteiger partial charge in [0.15, 0.2) is 5.82 Å². The fraction of sp³-hybridized carbons (Fsp3) is 0.500. The summed E-state index contributed by atoms with van der Waals surface area (Å²) in [7, 11) is 0. The van der Waals surface area contributed by atoms with Gasteiger partial charge in [0.25, 0.3) is 0 Å². The Bertz CT molecular complexity index is 640. The summed E-state index contributed by atoms with van der Waals surface area (Å²) in [6.45, 7) is 0.578. The van der Waals surface area contributed by atoms with E-state index < -0.39 is 0 Å². The second-order valence-electron chi connectivity index (χ2n) is 5.95. The van der Waals surface area contributed by atoms with Crippen molar-refractivity contribution in [3.63, 3.8) is 0 Å². The molecule has 3 unspecified atom stereocenters. The van der Waals surface area contributed by atoms with Crippen molar-refractivity contribution in [3.05, 3.63) is 41.5 Å². The summed E-state index contributed by atoms with van der Waals surface area (Å²) in [4.78, 5) is 4.63. The standard InChI is InChI=1S/C16H19N3O2/c17-13-7-3-1-6-11(13)16-18-15(19-21-16)12-9-20-14-8-4-2-5-10(12)14/h2,4-5,8,11-13H,1,3,6-7,9,17H2. The molecule has 1 aliphatic heterocycles. The Hall–Kier alpha value is -1.88. The molecule has 3 atom stereocenters. The van der Waals surface area contributed by atoms with Crippen LogP contribution in [0, 0.1) is 0 Å². The molecule has 110 valence electrons. The molecule has 2 heterocycles. The smallest absolute Gasteiger partial charge is 0.231 e. The Morgan fingerprint density at radius 1 is 1.14 bits per heavy atom. The Balaban J connectivity index is 1.61. The van der Waals surface area contributed by atoms with Gasteiger partial charge in [0.05, 0.1) is 11.8 Å². The van der Waals surface area contributed by atoms with Gasteiger partial charge in [-0.15, -0.1) is 0 Å². The van der Waals surface area contributed by atoms with Crippen LogP contribution in [0.2, 0.25) is 0 Å². The maximum absolute atomic E-state index is 6.20. The molecule has 0 spiro atoms. The topological polar surface area (TPSA) is 74.2 Å². The molecule has 0 bridgehead atoms. The Morgan fingerprint density at radius 3 is 2.90 bits per heavy atom. The molecule has 0 amide bonds. The minimum atomic E-state index is 0.0681. The van der Waals surface area contributed by atoms with Gasteiger partial charge in [0.2, 0.25) is 5.89 Å². The zero-order valence-corrected chi connectivity index (χ0v) is 11.9. The highest BCUT2D eigenvalue weighted by atomic mass is 16.5. The molecule has 1 fully saturated rings. The summed E-state index contributed by atoms with van der Waals surface area (Å²) in [5.41, 5.74) is 7.33. The van der Waals surface area contributed by atoms with Crippen LogP contribution in [0.3, 0.4) is 0 Å². The van der Waals surface area contributed by atoms with E-state index >= 15 is 0 Å². The van der Waals surface area contributed by atoms with E-state index in [1.165, 1.54) is 12.8 Å². The van der Waals surface area contributed by atoms with E-state index in [0.717, 1.165) is 24.2 Å². The van der Waals surface area contributed by atoms with Crippen molar-refractivity contribution in [1.82, 2.24) is 10.1 Å². The van der Waals surface area contributed by atoms with E-state index in [9.17, 15) is 0 Å². The van der Waals surface area contributed by atoms with Gasteiger partial charge in [-0.1, -0.05) is 36.2 Å².